The number of thiazole rings is 1. The molecule has 0 saturated carbocycles. The molecule has 32 heavy (non-hydrogen) atoms. The number of pyridine rings is 1. The molecule has 0 aliphatic heterocycles. The molecule has 0 aliphatic rings. The zero-order valence-electron chi connectivity index (χ0n) is 16.7. The van der Waals surface area contributed by atoms with Crippen molar-refractivity contribution in [2.75, 3.05) is 11.2 Å². The summed E-state index contributed by atoms with van der Waals surface area (Å²) in [5.41, 5.74) is 1.47. The molecule has 0 aliphatic carbocycles. The average Bonchev–Trinajstić information content (AvgIpc) is 3.20. The van der Waals surface area contributed by atoms with Crippen LogP contribution in [-0.4, -0.2) is 35.5 Å². The van der Waals surface area contributed by atoms with Crippen molar-refractivity contribution in [3.63, 3.8) is 0 Å². The monoisotopic (exact) mass is 468 g/mol. The van der Waals surface area contributed by atoms with E-state index < -0.39 is 20.7 Å². The Bertz CT molecular complexity index is 1420. The maximum absolute atomic E-state index is 13.3. The Hall–Kier alpha value is -3.70. The second-order valence-electron chi connectivity index (χ2n) is 6.95. The molecule has 0 saturated heterocycles. The SMILES string of the molecule is CS(=O)(=O)c1ccc2nc(N(Cc3cccnc3)C(=O)c3ccc([N+](=O)[O-])cc3)sc2c1. The summed E-state index contributed by atoms with van der Waals surface area (Å²) in [7, 11) is -3.39. The molecule has 0 N–H and O–H groups in total. The lowest BCUT2D eigenvalue weighted by atomic mass is 10.1. The zero-order chi connectivity index (χ0) is 22.9. The van der Waals surface area contributed by atoms with E-state index in [-0.39, 0.29) is 22.7 Å². The molecule has 2 aromatic heterocycles. The fourth-order valence-corrected chi connectivity index (χ4v) is 4.75. The van der Waals surface area contributed by atoms with Gasteiger partial charge in [-0.25, -0.2) is 13.4 Å². The smallest absolute Gasteiger partial charge is 0.269 e. The van der Waals surface area contributed by atoms with Crippen LogP contribution in [0.1, 0.15) is 15.9 Å². The lowest BCUT2D eigenvalue weighted by molar-refractivity contribution is -0.384. The van der Waals surface area contributed by atoms with Crippen LogP contribution in [0.25, 0.3) is 10.2 Å². The minimum atomic E-state index is -3.39. The van der Waals surface area contributed by atoms with Crippen LogP contribution in [0, 0.1) is 10.1 Å². The van der Waals surface area contributed by atoms with Crippen LogP contribution in [0.15, 0.2) is 71.9 Å². The Morgan fingerprint density at radius 2 is 1.91 bits per heavy atom. The van der Waals surface area contributed by atoms with E-state index >= 15 is 0 Å². The topological polar surface area (TPSA) is 123 Å². The number of non-ortho nitro benzene ring substituents is 1. The number of nitrogens with zero attached hydrogens (tertiary/aromatic N) is 4. The number of fused-ring (bicyclic) bond motifs is 1. The molecule has 11 heteroatoms. The molecule has 0 bridgehead atoms. The van der Waals surface area contributed by atoms with Crippen LogP contribution in [0.2, 0.25) is 0 Å². The molecule has 2 aromatic carbocycles. The summed E-state index contributed by atoms with van der Waals surface area (Å²) in [6, 6.07) is 13.5. The first-order valence-electron chi connectivity index (χ1n) is 9.28. The Morgan fingerprint density at radius 1 is 1.16 bits per heavy atom. The summed E-state index contributed by atoms with van der Waals surface area (Å²) in [5.74, 6) is -0.397. The second-order valence-corrected chi connectivity index (χ2v) is 9.98. The summed E-state index contributed by atoms with van der Waals surface area (Å²) >= 11 is 1.19. The number of carbonyl (C=O) groups excluding carboxylic acids is 1. The Balaban J connectivity index is 1.76. The highest BCUT2D eigenvalue weighted by Gasteiger charge is 2.23. The van der Waals surface area contributed by atoms with Crippen molar-refractivity contribution in [3.05, 3.63) is 88.2 Å². The average molecular weight is 469 g/mol. The molecule has 0 fully saturated rings. The highest BCUT2D eigenvalue weighted by molar-refractivity contribution is 7.90. The number of amides is 1. The van der Waals surface area contributed by atoms with Crippen LogP contribution in [0.4, 0.5) is 10.8 Å². The van der Waals surface area contributed by atoms with Crippen molar-refractivity contribution >= 4 is 48.1 Å². The summed E-state index contributed by atoms with van der Waals surface area (Å²) in [6.45, 7) is 0.169. The van der Waals surface area contributed by atoms with Gasteiger partial charge < -0.3 is 0 Å². The minimum Gasteiger partial charge on any atom is -0.279 e. The Morgan fingerprint density at radius 3 is 2.53 bits per heavy atom. The van der Waals surface area contributed by atoms with E-state index in [1.807, 2.05) is 6.07 Å². The van der Waals surface area contributed by atoms with Crippen LogP contribution in [0.5, 0.6) is 0 Å². The summed E-state index contributed by atoms with van der Waals surface area (Å²) in [5, 5.41) is 11.3. The third kappa shape index (κ3) is 4.48. The third-order valence-corrected chi connectivity index (χ3v) is 6.79. The number of nitro benzene ring substituents is 1. The maximum atomic E-state index is 13.3. The van der Waals surface area contributed by atoms with Crippen molar-refractivity contribution in [1.29, 1.82) is 0 Å². The van der Waals surface area contributed by atoms with Gasteiger partial charge in [-0.05, 0) is 42.0 Å². The summed E-state index contributed by atoms with van der Waals surface area (Å²) < 4.78 is 24.4. The second kappa shape index (κ2) is 8.44. The predicted octanol–water partition coefficient (Wildman–Crippen LogP) is 3.85. The van der Waals surface area contributed by atoms with E-state index in [0.29, 0.717) is 15.3 Å². The van der Waals surface area contributed by atoms with Gasteiger partial charge in [-0.3, -0.25) is 24.8 Å². The van der Waals surface area contributed by atoms with Crippen molar-refractivity contribution in [1.82, 2.24) is 9.97 Å². The molecule has 4 rings (SSSR count). The standard InChI is InChI=1S/C21H16N4O5S2/c1-32(29,30)17-8-9-18-19(11-17)31-21(23-18)24(13-14-3-2-10-22-12-14)20(26)15-4-6-16(7-5-15)25(27)28/h2-12H,13H2,1H3. The first-order valence-corrected chi connectivity index (χ1v) is 12.0. The minimum absolute atomic E-state index is 0.117. The number of carbonyl (C=O) groups is 1. The number of aromatic nitrogens is 2. The first kappa shape index (κ1) is 21.5. The van der Waals surface area contributed by atoms with E-state index in [9.17, 15) is 23.3 Å². The van der Waals surface area contributed by atoms with E-state index in [4.69, 9.17) is 0 Å². The number of benzene rings is 2. The largest absolute Gasteiger partial charge is 0.279 e. The number of rotatable bonds is 6. The molecule has 162 valence electrons. The van der Waals surface area contributed by atoms with Crippen LogP contribution in [0.3, 0.4) is 0 Å². The third-order valence-electron chi connectivity index (χ3n) is 4.64. The van der Waals surface area contributed by atoms with E-state index in [1.54, 1.807) is 24.5 Å². The van der Waals surface area contributed by atoms with E-state index in [0.717, 1.165) is 11.8 Å². The summed E-state index contributed by atoms with van der Waals surface area (Å²) in [4.78, 5) is 34.0. The van der Waals surface area contributed by atoms with Crippen molar-refractivity contribution in [3.8, 4) is 0 Å². The van der Waals surface area contributed by atoms with Crippen molar-refractivity contribution in [2.45, 2.75) is 11.4 Å². The van der Waals surface area contributed by atoms with Gasteiger partial charge in [0.1, 0.15) is 0 Å². The lowest BCUT2D eigenvalue weighted by Crippen LogP contribution is -2.30. The van der Waals surface area contributed by atoms with Gasteiger partial charge in [0.25, 0.3) is 11.6 Å². The molecule has 4 aromatic rings. The number of hydrogen-bond acceptors (Lipinski definition) is 8. The van der Waals surface area contributed by atoms with Crippen molar-refractivity contribution in [2.24, 2.45) is 0 Å². The van der Waals surface area contributed by atoms with E-state index in [2.05, 4.69) is 9.97 Å². The van der Waals surface area contributed by atoms with Crippen molar-refractivity contribution < 1.29 is 18.1 Å². The van der Waals surface area contributed by atoms with Gasteiger partial charge in [-0.15, -0.1) is 0 Å². The quantitative estimate of drug-likeness (QED) is 0.311. The molecule has 0 atom stereocenters. The number of anilines is 1. The highest BCUT2D eigenvalue weighted by Crippen LogP contribution is 2.32. The normalized spacial score (nSPS) is 11.4. The van der Waals surface area contributed by atoms with E-state index in [1.165, 1.54) is 52.6 Å². The molecule has 9 nitrogen and oxygen atoms in total. The fraction of sp³-hybridized carbons (Fsp3) is 0.0952. The molecule has 2 heterocycles. The van der Waals surface area contributed by atoms with Gasteiger partial charge in [-0.2, -0.15) is 0 Å². The Labute approximate surface area is 187 Å². The molecule has 0 unspecified atom stereocenters. The Kier molecular flexibility index (Phi) is 5.68. The lowest BCUT2D eigenvalue weighted by Gasteiger charge is -2.20. The number of nitro groups is 1. The number of hydrogen-bond donors (Lipinski definition) is 0. The molecule has 0 spiro atoms. The van der Waals surface area contributed by atoms with Gasteiger partial charge in [-0.1, -0.05) is 17.4 Å². The molecule has 1 amide bonds. The van der Waals surface area contributed by atoms with Gasteiger partial charge in [0, 0.05) is 36.3 Å². The number of sulfone groups is 1. The first-order chi connectivity index (χ1) is 15.2. The predicted molar refractivity (Wildman–Crippen MR) is 121 cm³/mol. The van der Waals surface area contributed by atoms with Gasteiger partial charge in [0.2, 0.25) is 0 Å². The van der Waals surface area contributed by atoms with Gasteiger partial charge in [0.05, 0.1) is 26.6 Å². The molecule has 0 radical (unpaired) electrons. The van der Waals surface area contributed by atoms with Gasteiger partial charge >= 0.3 is 0 Å². The van der Waals surface area contributed by atoms with Crippen LogP contribution < -0.4 is 4.90 Å². The van der Waals surface area contributed by atoms with Crippen LogP contribution in [-0.2, 0) is 16.4 Å². The van der Waals surface area contributed by atoms with Gasteiger partial charge in [0.15, 0.2) is 15.0 Å². The molecular weight excluding hydrogens is 452 g/mol. The maximum Gasteiger partial charge on any atom is 0.269 e. The molecular formula is C21H16N4O5S2. The summed E-state index contributed by atoms with van der Waals surface area (Å²) in [6.07, 6.45) is 4.38. The fourth-order valence-electron chi connectivity index (χ4n) is 3.02. The zero-order valence-corrected chi connectivity index (χ0v) is 18.3. The van der Waals surface area contributed by atoms with Crippen LogP contribution >= 0.6 is 11.3 Å². The highest BCUT2D eigenvalue weighted by atomic mass is 32.2.